The van der Waals surface area contributed by atoms with Crippen molar-refractivity contribution < 1.29 is 4.79 Å². The molecule has 0 amide bonds. The van der Waals surface area contributed by atoms with Crippen LogP contribution in [0.25, 0.3) is 0 Å². The lowest BCUT2D eigenvalue weighted by molar-refractivity contribution is -0.119. The quantitative estimate of drug-likeness (QED) is 0.472. The molecule has 0 aliphatic heterocycles. The smallest absolute Gasteiger partial charge is 0.136 e. The van der Waals surface area contributed by atoms with Crippen molar-refractivity contribution in [3.05, 3.63) is 0 Å². The van der Waals surface area contributed by atoms with Gasteiger partial charge >= 0.3 is 0 Å². The van der Waals surface area contributed by atoms with E-state index >= 15 is 0 Å². The van der Waals surface area contributed by atoms with Gasteiger partial charge in [0.1, 0.15) is 5.78 Å². The summed E-state index contributed by atoms with van der Waals surface area (Å²) in [5.74, 6) is 3.76. The Labute approximate surface area is 54.4 Å². The summed E-state index contributed by atoms with van der Waals surface area (Å²) in [6, 6.07) is 0. The maximum absolute atomic E-state index is 11.1. The van der Waals surface area contributed by atoms with Gasteiger partial charge in [-0.3, -0.25) is 4.79 Å². The minimum Gasteiger partial charge on any atom is -0.299 e. The Hall–Kier alpha value is -0.330. The highest BCUT2D eigenvalue weighted by molar-refractivity contribution is 5.88. The van der Waals surface area contributed by atoms with E-state index in [1.165, 1.54) is 12.8 Å². The Bertz CT molecular complexity index is 185. The zero-order chi connectivity index (χ0) is 6.01. The fraction of sp³-hybridized carbons (Fsp3) is 0.875. The van der Waals surface area contributed by atoms with Gasteiger partial charge in [-0.15, -0.1) is 0 Å². The molecular weight excluding hydrogens is 112 g/mol. The molecule has 4 atom stereocenters. The summed E-state index contributed by atoms with van der Waals surface area (Å²) in [7, 11) is 0. The summed E-state index contributed by atoms with van der Waals surface area (Å²) in [6.07, 6.45) is 3.66. The highest BCUT2D eigenvalue weighted by atomic mass is 16.1. The van der Waals surface area contributed by atoms with Gasteiger partial charge in [-0.1, -0.05) is 0 Å². The second kappa shape index (κ2) is 1.09. The molecule has 0 N–H and O–H groups in total. The van der Waals surface area contributed by atoms with Crippen molar-refractivity contribution in [1.82, 2.24) is 0 Å². The zero-order valence-corrected chi connectivity index (χ0v) is 5.34. The highest BCUT2D eigenvalue weighted by Gasteiger charge is 2.65. The van der Waals surface area contributed by atoms with Crippen LogP contribution in [0.2, 0.25) is 0 Å². The Kier molecular flexibility index (Phi) is 0.544. The van der Waals surface area contributed by atoms with Gasteiger partial charge in [0.25, 0.3) is 0 Å². The fourth-order valence-electron chi connectivity index (χ4n) is 3.10. The van der Waals surface area contributed by atoms with E-state index in [0.29, 0.717) is 11.7 Å². The highest BCUT2D eigenvalue weighted by Crippen LogP contribution is 2.66. The van der Waals surface area contributed by atoms with Gasteiger partial charge in [-0.25, -0.2) is 0 Å². The Balaban J connectivity index is 2.05. The summed E-state index contributed by atoms with van der Waals surface area (Å²) < 4.78 is 0. The lowest BCUT2D eigenvalue weighted by Gasteiger charge is -1.98. The zero-order valence-electron chi connectivity index (χ0n) is 5.34. The van der Waals surface area contributed by atoms with Crippen LogP contribution in [-0.2, 0) is 4.79 Å². The van der Waals surface area contributed by atoms with E-state index in [1.807, 2.05) is 0 Å². The van der Waals surface area contributed by atoms with Crippen molar-refractivity contribution in [2.45, 2.75) is 19.3 Å². The van der Waals surface area contributed by atoms with Crippen LogP contribution in [0.4, 0.5) is 0 Å². The van der Waals surface area contributed by atoms with Crippen LogP contribution in [0, 0.1) is 23.7 Å². The molecular formula is C8H10O. The van der Waals surface area contributed by atoms with Gasteiger partial charge in [0.05, 0.1) is 0 Å². The van der Waals surface area contributed by atoms with Gasteiger partial charge in [0.15, 0.2) is 0 Å². The number of hydrogen-bond acceptors (Lipinski definition) is 1. The summed E-state index contributed by atoms with van der Waals surface area (Å²) in [5.41, 5.74) is 0. The van der Waals surface area contributed by atoms with Gasteiger partial charge in [0, 0.05) is 12.3 Å². The lowest BCUT2D eigenvalue weighted by atomic mass is 10.1. The third kappa shape index (κ3) is 0.347. The first-order chi connectivity index (χ1) is 4.38. The lowest BCUT2D eigenvalue weighted by Crippen LogP contribution is -1.97. The molecule has 3 saturated carbocycles. The minimum atomic E-state index is 0.573. The molecule has 0 aromatic heterocycles. The molecule has 1 nitrogen and oxygen atoms in total. The average Bonchev–Trinajstić information content (AvgIpc) is 2.34. The molecule has 1 heteroatoms. The molecule has 3 rings (SSSR count). The van der Waals surface area contributed by atoms with E-state index in [4.69, 9.17) is 0 Å². The van der Waals surface area contributed by atoms with Gasteiger partial charge in [0.2, 0.25) is 0 Å². The molecule has 3 aliphatic rings. The predicted octanol–water partition coefficient (Wildman–Crippen LogP) is 1.23. The van der Waals surface area contributed by atoms with E-state index in [9.17, 15) is 4.79 Å². The van der Waals surface area contributed by atoms with E-state index in [2.05, 4.69) is 0 Å². The Morgan fingerprint density at radius 3 is 2.78 bits per heavy atom. The topological polar surface area (TPSA) is 17.1 Å². The Morgan fingerprint density at radius 2 is 2.22 bits per heavy atom. The van der Waals surface area contributed by atoms with Crippen molar-refractivity contribution in [3.63, 3.8) is 0 Å². The SMILES string of the molecule is O=C1CC2CCC3C1C23. The van der Waals surface area contributed by atoms with Crippen LogP contribution in [0.15, 0.2) is 0 Å². The van der Waals surface area contributed by atoms with Crippen LogP contribution < -0.4 is 0 Å². The molecule has 0 spiro atoms. The minimum absolute atomic E-state index is 0.573. The molecule has 0 saturated heterocycles. The normalized spacial score (nSPS) is 60.2. The number of rotatable bonds is 0. The molecule has 0 radical (unpaired) electrons. The van der Waals surface area contributed by atoms with Gasteiger partial charge in [-0.2, -0.15) is 0 Å². The molecule has 9 heavy (non-hydrogen) atoms. The van der Waals surface area contributed by atoms with Crippen molar-refractivity contribution in [3.8, 4) is 0 Å². The molecule has 0 aromatic rings. The number of carbonyl (C=O) groups excluding carboxylic acids is 1. The first-order valence-corrected chi connectivity index (χ1v) is 3.90. The predicted molar refractivity (Wildman–Crippen MR) is 32.8 cm³/mol. The van der Waals surface area contributed by atoms with E-state index < -0.39 is 0 Å². The average molecular weight is 122 g/mol. The van der Waals surface area contributed by atoms with Gasteiger partial charge in [-0.05, 0) is 30.6 Å². The van der Waals surface area contributed by atoms with Crippen molar-refractivity contribution in [2.75, 3.05) is 0 Å². The summed E-state index contributed by atoms with van der Waals surface area (Å²) in [5, 5.41) is 0. The molecule has 0 aromatic carbocycles. The number of fused-ring (bicyclic) bond motifs is 1. The maximum Gasteiger partial charge on any atom is 0.136 e. The molecule has 4 unspecified atom stereocenters. The van der Waals surface area contributed by atoms with Crippen LogP contribution in [0.5, 0.6) is 0 Å². The second-order valence-corrected chi connectivity index (χ2v) is 3.77. The van der Waals surface area contributed by atoms with Crippen LogP contribution >= 0.6 is 0 Å². The van der Waals surface area contributed by atoms with Crippen LogP contribution in [0.3, 0.4) is 0 Å². The number of ketones is 1. The van der Waals surface area contributed by atoms with E-state index in [-0.39, 0.29) is 0 Å². The second-order valence-electron chi connectivity index (χ2n) is 3.77. The standard InChI is InChI=1S/C8H10O/c9-6-3-4-1-2-5-7(4)8(5)6/h4-5,7-8H,1-3H2. The van der Waals surface area contributed by atoms with E-state index in [0.717, 1.165) is 24.2 Å². The maximum atomic E-state index is 11.1. The van der Waals surface area contributed by atoms with Crippen molar-refractivity contribution >= 4 is 5.78 Å². The summed E-state index contributed by atoms with van der Waals surface area (Å²) in [4.78, 5) is 11.1. The first kappa shape index (κ1) is 4.48. The van der Waals surface area contributed by atoms with Gasteiger partial charge < -0.3 is 0 Å². The third-order valence-corrected chi connectivity index (χ3v) is 3.48. The Morgan fingerprint density at radius 1 is 1.33 bits per heavy atom. The number of carbonyl (C=O) groups is 1. The van der Waals surface area contributed by atoms with Crippen molar-refractivity contribution in [1.29, 1.82) is 0 Å². The fourth-order valence-corrected chi connectivity index (χ4v) is 3.10. The van der Waals surface area contributed by atoms with Crippen LogP contribution in [-0.4, -0.2) is 5.78 Å². The molecule has 48 valence electrons. The number of Topliss-reactive ketones (excluding diaryl/α,β-unsaturated/α-hetero) is 1. The molecule has 0 bridgehead atoms. The third-order valence-electron chi connectivity index (χ3n) is 3.48. The summed E-state index contributed by atoms with van der Waals surface area (Å²) in [6.45, 7) is 0. The molecule has 3 fully saturated rings. The van der Waals surface area contributed by atoms with Crippen LogP contribution in [0.1, 0.15) is 19.3 Å². The van der Waals surface area contributed by atoms with E-state index in [1.54, 1.807) is 0 Å². The van der Waals surface area contributed by atoms with Crippen molar-refractivity contribution in [2.24, 2.45) is 23.7 Å². The monoisotopic (exact) mass is 122 g/mol. The summed E-state index contributed by atoms with van der Waals surface area (Å²) >= 11 is 0. The largest absolute Gasteiger partial charge is 0.299 e. The molecule has 3 aliphatic carbocycles. The first-order valence-electron chi connectivity index (χ1n) is 3.90. The number of hydrogen-bond donors (Lipinski definition) is 0. The molecule has 0 heterocycles.